The highest BCUT2D eigenvalue weighted by Crippen LogP contribution is 2.69. The zero-order chi connectivity index (χ0) is 33.6. The summed E-state index contributed by atoms with van der Waals surface area (Å²) >= 11 is 0. The summed E-state index contributed by atoms with van der Waals surface area (Å²) in [6.07, 6.45) is 7.10. The van der Waals surface area contributed by atoms with Gasteiger partial charge in [0.2, 0.25) is 0 Å². The van der Waals surface area contributed by atoms with E-state index in [0.717, 1.165) is 51.7 Å². The highest BCUT2D eigenvalue weighted by molar-refractivity contribution is 7.04. The zero-order valence-electron chi connectivity index (χ0n) is 29.3. The van der Waals surface area contributed by atoms with Gasteiger partial charge in [0, 0.05) is 21.9 Å². The third-order valence-corrected chi connectivity index (χ3v) is 17.8. The molecule has 4 bridgehead atoms. The maximum absolute atomic E-state index is 5.54. The second-order valence-electron chi connectivity index (χ2n) is 17.0. The van der Waals surface area contributed by atoms with Crippen LogP contribution in [0.25, 0.3) is 66.6 Å². The Hall–Kier alpha value is -4.86. The van der Waals surface area contributed by atoms with Crippen molar-refractivity contribution in [2.45, 2.75) is 50.6 Å². The number of para-hydroxylation sites is 1. The first-order valence-electron chi connectivity index (χ1n) is 19.2. The Balaban J connectivity index is 1.12. The van der Waals surface area contributed by atoms with Gasteiger partial charge in [0.15, 0.2) is 5.82 Å². The van der Waals surface area contributed by atoms with Gasteiger partial charge in [-0.25, -0.2) is 9.97 Å². The van der Waals surface area contributed by atoms with Crippen molar-refractivity contribution in [1.82, 2.24) is 9.97 Å². The standard InChI is InChI=1S/C48H40N2Si/c1-51(2)43-20-10-17-37(47-49-42-19-8-6-15-36(42)46(50-47)35-16-9-12-30-11-3-4-13-33(30)35)45(43)39-26-41-38(27-44(39)51)34-14-5-7-18-40(34)48(41)31-22-28-21-29(24-31)25-32(48)23-28/h3-20,26-29,31-32H,21-25H2,1-2H3. The van der Waals surface area contributed by atoms with E-state index in [0.29, 0.717) is 0 Å². The molecule has 1 spiro atoms. The summed E-state index contributed by atoms with van der Waals surface area (Å²) in [5.41, 5.74) is 13.7. The van der Waals surface area contributed by atoms with Gasteiger partial charge in [0.25, 0.3) is 0 Å². The average Bonchev–Trinajstić information content (AvgIpc) is 3.57. The van der Waals surface area contributed by atoms with Crippen LogP contribution in [0.3, 0.4) is 0 Å². The fraction of sp³-hybridized carbons (Fsp3) is 0.250. The smallest absolute Gasteiger partial charge is 0.161 e. The van der Waals surface area contributed by atoms with Gasteiger partial charge in [0.05, 0.1) is 11.2 Å². The number of rotatable bonds is 2. The van der Waals surface area contributed by atoms with Gasteiger partial charge in [-0.3, -0.25) is 0 Å². The van der Waals surface area contributed by atoms with E-state index in [1.807, 2.05) is 0 Å². The Morgan fingerprint density at radius 1 is 0.529 bits per heavy atom. The quantitative estimate of drug-likeness (QED) is 0.171. The third kappa shape index (κ3) is 3.63. The fourth-order valence-electron chi connectivity index (χ4n) is 12.4. The maximum Gasteiger partial charge on any atom is 0.161 e. The molecule has 2 heterocycles. The van der Waals surface area contributed by atoms with Gasteiger partial charge < -0.3 is 0 Å². The molecule has 3 heteroatoms. The van der Waals surface area contributed by atoms with Crippen molar-refractivity contribution in [1.29, 1.82) is 0 Å². The molecule has 2 nitrogen and oxygen atoms in total. The Morgan fingerprint density at radius 2 is 1.20 bits per heavy atom. The topological polar surface area (TPSA) is 25.8 Å². The molecule has 0 radical (unpaired) electrons. The first kappa shape index (κ1) is 28.8. The normalized spacial score (nSPS) is 25.7. The lowest BCUT2D eigenvalue weighted by molar-refractivity contribution is -0.0399. The van der Waals surface area contributed by atoms with E-state index in [2.05, 4.69) is 134 Å². The van der Waals surface area contributed by atoms with Gasteiger partial charge >= 0.3 is 0 Å². The molecular weight excluding hydrogens is 633 g/mol. The molecule has 0 atom stereocenters. The molecular formula is C48H40N2Si. The first-order valence-corrected chi connectivity index (χ1v) is 22.2. The van der Waals surface area contributed by atoms with Gasteiger partial charge in [0.1, 0.15) is 8.07 Å². The van der Waals surface area contributed by atoms with Crippen molar-refractivity contribution in [3.05, 3.63) is 132 Å². The van der Waals surface area contributed by atoms with E-state index >= 15 is 0 Å². The van der Waals surface area contributed by atoms with Crippen LogP contribution in [-0.4, -0.2) is 18.0 Å². The van der Waals surface area contributed by atoms with Gasteiger partial charge in [-0.2, -0.15) is 0 Å². The second kappa shape index (κ2) is 9.92. The van der Waals surface area contributed by atoms with E-state index in [9.17, 15) is 0 Å². The minimum Gasteiger partial charge on any atom is -0.228 e. The van der Waals surface area contributed by atoms with Crippen LogP contribution in [0.15, 0.2) is 121 Å². The number of hydrogen-bond donors (Lipinski definition) is 0. The van der Waals surface area contributed by atoms with Crippen molar-refractivity contribution in [2.24, 2.45) is 23.7 Å². The summed E-state index contributed by atoms with van der Waals surface area (Å²) in [6.45, 7) is 5.13. The third-order valence-electron chi connectivity index (χ3n) is 14.3. The maximum atomic E-state index is 5.54. The van der Waals surface area contributed by atoms with Crippen LogP contribution >= 0.6 is 0 Å². The number of aromatic nitrogens is 2. The Labute approximate surface area is 300 Å². The van der Waals surface area contributed by atoms with E-state index in [-0.39, 0.29) is 5.41 Å². The molecule has 0 saturated heterocycles. The Morgan fingerprint density at radius 3 is 2.04 bits per heavy atom. The van der Waals surface area contributed by atoms with E-state index in [1.165, 1.54) is 75.9 Å². The zero-order valence-corrected chi connectivity index (χ0v) is 30.3. The monoisotopic (exact) mass is 672 g/mol. The molecule has 1 aliphatic heterocycles. The Bertz CT molecular complexity index is 2620. The molecule has 5 aliphatic carbocycles. The van der Waals surface area contributed by atoms with Crippen LogP contribution in [0.4, 0.5) is 0 Å². The first-order chi connectivity index (χ1) is 25.0. The predicted molar refractivity (Wildman–Crippen MR) is 213 cm³/mol. The molecule has 6 aromatic carbocycles. The molecule has 0 N–H and O–H groups in total. The lowest BCUT2D eigenvalue weighted by Crippen LogP contribution is -2.55. The molecule has 1 aromatic heterocycles. The predicted octanol–water partition coefficient (Wildman–Crippen LogP) is 10.6. The van der Waals surface area contributed by atoms with Gasteiger partial charge in [-0.1, -0.05) is 122 Å². The minimum atomic E-state index is -2.03. The molecule has 6 aliphatic rings. The van der Waals surface area contributed by atoms with Gasteiger partial charge in [-0.15, -0.1) is 0 Å². The number of fused-ring (bicyclic) bond motifs is 8. The minimum absolute atomic E-state index is 0.152. The number of hydrogen-bond acceptors (Lipinski definition) is 2. The molecule has 13 rings (SSSR count). The summed E-state index contributed by atoms with van der Waals surface area (Å²) in [6, 6.07) is 45.8. The van der Waals surface area contributed by atoms with E-state index in [1.54, 1.807) is 16.3 Å². The molecule has 4 fully saturated rings. The van der Waals surface area contributed by atoms with Crippen LogP contribution in [0.1, 0.15) is 43.2 Å². The number of benzene rings is 6. The highest BCUT2D eigenvalue weighted by Gasteiger charge is 2.62. The molecule has 246 valence electrons. The number of nitrogens with zero attached hydrogens (tertiary/aromatic N) is 2. The molecule has 4 saturated carbocycles. The molecule has 51 heavy (non-hydrogen) atoms. The van der Waals surface area contributed by atoms with Crippen LogP contribution in [0, 0.1) is 23.7 Å². The van der Waals surface area contributed by atoms with Crippen molar-refractivity contribution in [3.8, 4) is 44.9 Å². The fourth-order valence-corrected chi connectivity index (χ4v) is 15.5. The SMILES string of the molecule is C[Si]1(C)c2cc3c(cc2-c2c(-c4nc(-c5cccc6ccccc56)c5ccccc5n4)cccc21)C1(c2ccccc2-3)C2CC3CC(C2)CC1C3. The summed E-state index contributed by atoms with van der Waals surface area (Å²) in [5, 5.41) is 6.65. The van der Waals surface area contributed by atoms with Crippen molar-refractivity contribution < 1.29 is 0 Å². The van der Waals surface area contributed by atoms with Crippen LogP contribution < -0.4 is 10.4 Å². The summed E-state index contributed by atoms with van der Waals surface area (Å²) < 4.78 is 0. The van der Waals surface area contributed by atoms with Crippen molar-refractivity contribution >= 4 is 40.1 Å². The summed E-state index contributed by atoms with van der Waals surface area (Å²) in [5.74, 6) is 4.20. The van der Waals surface area contributed by atoms with E-state index < -0.39 is 8.07 Å². The summed E-state index contributed by atoms with van der Waals surface area (Å²) in [7, 11) is -2.03. The molecule has 0 amide bonds. The van der Waals surface area contributed by atoms with Crippen LogP contribution in [0.2, 0.25) is 13.1 Å². The van der Waals surface area contributed by atoms with Gasteiger partial charge in [-0.05, 0) is 122 Å². The average molecular weight is 673 g/mol. The summed E-state index contributed by atoms with van der Waals surface area (Å²) in [4.78, 5) is 10.9. The van der Waals surface area contributed by atoms with Crippen molar-refractivity contribution in [2.75, 3.05) is 0 Å². The van der Waals surface area contributed by atoms with E-state index in [4.69, 9.17) is 9.97 Å². The molecule has 7 aromatic rings. The van der Waals surface area contributed by atoms with Crippen LogP contribution in [0.5, 0.6) is 0 Å². The largest absolute Gasteiger partial charge is 0.228 e. The lowest BCUT2D eigenvalue weighted by atomic mass is 9.43. The van der Waals surface area contributed by atoms with Crippen LogP contribution in [-0.2, 0) is 5.41 Å². The second-order valence-corrected chi connectivity index (χ2v) is 21.3. The lowest BCUT2D eigenvalue weighted by Gasteiger charge is -2.61. The van der Waals surface area contributed by atoms with Crippen molar-refractivity contribution in [3.63, 3.8) is 0 Å². The molecule has 0 unspecified atom stereocenters. The highest BCUT2D eigenvalue weighted by atomic mass is 28.3. The Kier molecular flexibility index (Phi) is 5.60.